The SMILES string of the molecule is CC(C)(O)C(C)(C)O[B]c1cccc(C(=O)NC2CC2)c1. The number of nitrogens with one attached hydrogen (secondary N) is 1. The van der Waals surface area contributed by atoms with Crippen LogP contribution in [0.1, 0.15) is 50.9 Å². The first kappa shape index (κ1) is 16.1. The Kier molecular flexibility index (Phi) is 4.44. The summed E-state index contributed by atoms with van der Waals surface area (Å²) < 4.78 is 5.70. The molecule has 0 atom stereocenters. The van der Waals surface area contributed by atoms with Gasteiger partial charge in [-0.05, 0) is 46.6 Å². The second-order valence-electron chi connectivity index (χ2n) is 6.68. The van der Waals surface area contributed by atoms with Crippen molar-refractivity contribution in [3.63, 3.8) is 0 Å². The molecule has 5 heteroatoms. The molecule has 4 nitrogen and oxygen atoms in total. The molecule has 0 unspecified atom stereocenters. The van der Waals surface area contributed by atoms with Gasteiger partial charge in [0.05, 0.1) is 11.2 Å². The van der Waals surface area contributed by atoms with E-state index in [0.717, 1.165) is 18.3 Å². The summed E-state index contributed by atoms with van der Waals surface area (Å²) in [5.41, 5.74) is -0.264. The normalized spacial score (nSPS) is 15.7. The summed E-state index contributed by atoms with van der Waals surface area (Å²) in [6.07, 6.45) is 2.14. The molecule has 0 spiro atoms. The van der Waals surface area contributed by atoms with Crippen molar-refractivity contribution < 1.29 is 14.6 Å². The molecule has 0 heterocycles. The predicted octanol–water partition coefficient (Wildman–Crippen LogP) is 1.39. The van der Waals surface area contributed by atoms with Gasteiger partial charge >= 0.3 is 7.48 Å². The van der Waals surface area contributed by atoms with Crippen molar-refractivity contribution in [2.45, 2.75) is 57.8 Å². The minimum atomic E-state index is -0.968. The number of carbonyl (C=O) groups excluding carboxylic acids is 1. The van der Waals surface area contributed by atoms with E-state index in [2.05, 4.69) is 5.32 Å². The highest BCUT2D eigenvalue weighted by atomic mass is 16.5. The molecular weight excluding hydrogens is 265 g/mol. The highest BCUT2D eigenvalue weighted by molar-refractivity contribution is 6.47. The Morgan fingerprint density at radius 1 is 1.33 bits per heavy atom. The van der Waals surface area contributed by atoms with Crippen LogP contribution in [0.2, 0.25) is 0 Å². The van der Waals surface area contributed by atoms with Crippen LogP contribution in [0.5, 0.6) is 0 Å². The van der Waals surface area contributed by atoms with E-state index < -0.39 is 11.2 Å². The molecule has 1 aliphatic carbocycles. The van der Waals surface area contributed by atoms with E-state index in [1.165, 1.54) is 0 Å². The zero-order chi connectivity index (χ0) is 15.7. The average Bonchev–Trinajstić information content (AvgIpc) is 3.19. The minimum Gasteiger partial charge on any atom is -0.427 e. The van der Waals surface area contributed by atoms with Crippen molar-refractivity contribution in [1.29, 1.82) is 0 Å². The van der Waals surface area contributed by atoms with Crippen molar-refractivity contribution in [3.8, 4) is 0 Å². The topological polar surface area (TPSA) is 58.6 Å². The average molecular weight is 288 g/mol. The maximum Gasteiger partial charge on any atom is 0.330 e. The van der Waals surface area contributed by atoms with Gasteiger partial charge < -0.3 is 15.1 Å². The number of hydrogen-bond acceptors (Lipinski definition) is 3. The minimum absolute atomic E-state index is 0.0468. The molecule has 1 aromatic carbocycles. The molecule has 1 amide bonds. The third kappa shape index (κ3) is 4.32. The third-order valence-corrected chi connectivity index (χ3v) is 4.02. The fourth-order valence-corrected chi connectivity index (χ4v) is 1.61. The van der Waals surface area contributed by atoms with Gasteiger partial charge in [-0.2, -0.15) is 0 Å². The highest BCUT2D eigenvalue weighted by Gasteiger charge is 2.35. The van der Waals surface area contributed by atoms with Gasteiger partial charge in [-0.25, -0.2) is 0 Å². The first-order chi connectivity index (χ1) is 9.69. The van der Waals surface area contributed by atoms with Gasteiger partial charge in [0.25, 0.3) is 5.91 Å². The van der Waals surface area contributed by atoms with Crippen LogP contribution in [0.15, 0.2) is 24.3 Å². The zero-order valence-electron chi connectivity index (χ0n) is 13.1. The number of benzene rings is 1. The van der Waals surface area contributed by atoms with E-state index in [0.29, 0.717) is 11.6 Å². The molecule has 1 fully saturated rings. The Labute approximate surface area is 127 Å². The van der Waals surface area contributed by atoms with Crippen LogP contribution in [-0.2, 0) is 4.65 Å². The van der Waals surface area contributed by atoms with Crippen LogP contribution in [0.25, 0.3) is 0 Å². The third-order valence-electron chi connectivity index (χ3n) is 4.02. The molecule has 1 aliphatic rings. The molecule has 0 bridgehead atoms. The maximum absolute atomic E-state index is 12.0. The van der Waals surface area contributed by atoms with E-state index in [4.69, 9.17) is 4.65 Å². The lowest BCUT2D eigenvalue weighted by atomic mass is 9.82. The van der Waals surface area contributed by atoms with E-state index >= 15 is 0 Å². The smallest absolute Gasteiger partial charge is 0.330 e. The van der Waals surface area contributed by atoms with Crippen LogP contribution in [0.4, 0.5) is 0 Å². The van der Waals surface area contributed by atoms with Gasteiger partial charge in [-0.3, -0.25) is 4.79 Å². The summed E-state index contributed by atoms with van der Waals surface area (Å²) in [7, 11) is 1.59. The number of carbonyl (C=O) groups is 1. The Hall–Kier alpha value is -1.33. The molecule has 1 saturated carbocycles. The number of amides is 1. The quantitative estimate of drug-likeness (QED) is 0.778. The second-order valence-corrected chi connectivity index (χ2v) is 6.68. The van der Waals surface area contributed by atoms with Crippen LogP contribution in [-0.4, -0.2) is 35.7 Å². The molecule has 2 N–H and O–H groups in total. The van der Waals surface area contributed by atoms with E-state index in [1.54, 1.807) is 33.5 Å². The molecule has 1 radical (unpaired) electrons. The van der Waals surface area contributed by atoms with E-state index in [9.17, 15) is 9.90 Å². The van der Waals surface area contributed by atoms with Gasteiger partial charge in [-0.1, -0.05) is 23.7 Å². The second kappa shape index (κ2) is 5.81. The standard InChI is InChI=1S/C16H23BNO3/c1-15(2,20)16(3,4)21-17-12-7-5-6-11(10-12)14(19)18-13-8-9-13/h5-7,10,13,20H,8-9H2,1-4H3,(H,18,19). The molecule has 0 aromatic heterocycles. The summed E-state index contributed by atoms with van der Waals surface area (Å²) in [6, 6.07) is 7.62. The van der Waals surface area contributed by atoms with Crippen molar-refractivity contribution in [2.24, 2.45) is 0 Å². The fraction of sp³-hybridized carbons (Fsp3) is 0.562. The number of hydrogen-bond donors (Lipinski definition) is 2. The van der Waals surface area contributed by atoms with Crippen molar-refractivity contribution in [3.05, 3.63) is 29.8 Å². The first-order valence-corrected chi connectivity index (χ1v) is 7.33. The molecule has 113 valence electrons. The largest absolute Gasteiger partial charge is 0.427 e. The number of aliphatic hydroxyl groups is 1. The Morgan fingerprint density at radius 3 is 2.57 bits per heavy atom. The molecule has 0 saturated heterocycles. The molecule has 2 rings (SSSR count). The molecular formula is C16H23BNO3. The van der Waals surface area contributed by atoms with E-state index in [1.807, 2.05) is 26.0 Å². The lowest BCUT2D eigenvalue weighted by Crippen LogP contribution is -2.49. The van der Waals surface area contributed by atoms with Gasteiger partial charge in [-0.15, -0.1) is 0 Å². The fourth-order valence-electron chi connectivity index (χ4n) is 1.61. The summed E-state index contributed by atoms with van der Waals surface area (Å²) in [5, 5.41) is 13.0. The van der Waals surface area contributed by atoms with E-state index in [-0.39, 0.29) is 5.91 Å². The monoisotopic (exact) mass is 288 g/mol. The highest BCUT2D eigenvalue weighted by Crippen LogP contribution is 2.24. The van der Waals surface area contributed by atoms with Crippen LogP contribution in [0, 0.1) is 0 Å². The lowest BCUT2D eigenvalue weighted by molar-refractivity contribution is -0.0893. The molecule has 21 heavy (non-hydrogen) atoms. The summed E-state index contributed by atoms with van der Waals surface area (Å²) in [4.78, 5) is 12.0. The van der Waals surface area contributed by atoms with Gasteiger partial charge in [0.15, 0.2) is 0 Å². The van der Waals surface area contributed by atoms with Crippen LogP contribution in [0.3, 0.4) is 0 Å². The maximum atomic E-state index is 12.0. The number of rotatable bonds is 6. The Morgan fingerprint density at radius 2 is 2.00 bits per heavy atom. The van der Waals surface area contributed by atoms with Gasteiger partial charge in [0, 0.05) is 11.6 Å². The lowest BCUT2D eigenvalue weighted by Gasteiger charge is -2.37. The van der Waals surface area contributed by atoms with Crippen molar-refractivity contribution >= 4 is 18.9 Å². The van der Waals surface area contributed by atoms with Crippen LogP contribution >= 0.6 is 0 Å². The Balaban J connectivity index is 1.99. The van der Waals surface area contributed by atoms with Crippen LogP contribution < -0.4 is 10.8 Å². The van der Waals surface area contributed by atoms with Gasteiger partial charge in [0.2, 0.25) is 0 Å². The van der Waals surface area contributed by atoms with Crippen molar-refractivity contribution in [1.82, 2.24) is 5.32 Å². The predicted molar refractivity (Wildman–Crippen MR) is 83.8 cm³/mol. The summed E-state index contributed by atoms with van der Waals surface area (Å²) in [5.74, 6) is -0.0468. The van der Waals surface area contributed by atoms with Gasteiger partial charge in [0.1, 0.15) is 0 Å². The summed E-state index contributed by atoms with van der Waals surface area (Å²) >= 11 is 0. The first-order valence-electron chi connectivity index (χ1n) is 7.33. The molecule has 0 aliphatic heterocycles. The summed E-state index contributed by atoms with van der Waals surface area (Å²) in [6.45, 7) is 7.07. The van der Waals surface area contributed by atoms with Crippen molar-refractivity contribution in [2.75, 3.05) is 0 Å². The Bertz CT molecular complexity index is 518. The molecule has 1 aromatic rings. The zero-order valence-corrected chi connectivity index (χ0v) is 13.1.